The van der Waals surface area contributed by atoms with E-state index >= 15 is 0 Å². The first-order valence-corrected chi connectivity index (χ1v) is 8.53. The van der Waals surface area contributed by atoms with Gasteiger partial charge in [0, 0.05) is 19.6 Å². The third kappa shape index (κ3) is 3.93. The van der Waals surface area contributed by atoms with Crippen LogP contribution in [-0.4, -0.2) is 54.3 Å². The second-order valence-corrected chi connectivity index (χ2v) is 7.78. The molecule has 0 aromatic carbocycles. The fraction of sp³-hybridized carbons (Fsp3) is 0.923. The smallest absolute Gasteiger partial charge is 0.325 e. The highest BCUT2D eigenvalue weighted by Gasteiger charge is 2.42. The molecule has 0 aromatic heterocycles. The van der Waals surface area contributed by atoms with E-state index in [-0.39, 0.29) is 0 Å². The topological polar surface area (TPSA) is 66.9 Å². The number of rotatable bonds is 5. The van der Waals surface area contributed by atoms with Crippen molar-refractivity contribution in [3.63, 3.8) is 0 Å². The summed E-state index contributed by atoms with van der Waals surface area (Å²) in [5, 5.41) is 0. The van der Waals surface area contributed by atoms with E-state index in [1.807, 2.05) is 0 Å². The number of carbonyl (C=O) groups excluding carboxylic acids is 1. The first kappa shape index (κ1) is 17.4. The Morgan fingerprint density at radius 2 is 1.85 bits per heavy atom. The predicted molar refractivity (Wildman–Crippen MR) is 77.4 cm³/mol. The van der Waals surface area contributed by atoms with E-state index in [2.05, 4.69) is 0 Å². The fourth-order valence-electron chi connectivity index (χ4n) is 2.32. The van der Waals surface area contributed by atoms with Gasteiger partial charge in [-0.3, -0.25) is 4.79 Å². The summed E-state index contributed by atoms with van der Waals surface area (Å²) in [4.78, 5) is 12.2. The van der Waals surface area contributed by atoms with Crippen LogP contribution in [0.3, 0.4) is 0 Å². The Hall–Kier alpha value is -0.660. The van der Waals surface area contributed by atoms with E-state index in [0.29, 0.717) is 32.5 Å². The number of ether oxygens (including phenoxy) is 1. The standard InChI is InChI=1S/C13H26N2O4S/c1-6-14(7-2)20(17,18)15-10-8-9-11(15)12(16)19-13(3,4)5/h11H,6-10H2,1-5H3/t11-/m1/s1. The van der Waals surface area contributed by atoms with Gasteiger partial charge >= 0.3 is 5.97 Å². The molecule has 7 heteroatoms. The minimum Gasteiger partial charge on any atom is -0.459 e. The number of carbonyl (C=O) groups is 1. The molecule has 0 aromatic rings. The fourth-order valence-corrected chi connectivity index (χ4v) is 4.14. The minimum absolute atomic E-state index is 0.378. The molecule has 0 amide bonds. The number of hydrogen-bond donors (Lipinski definition) is 0. The molecule has 0 radical (unpaired) electrons. The van der Waals surface area contributed by atoms with Gasteiger partial charge in [0.1, 0.15) is 11.6 Å². The van der Waals surface area contributed by atoms with Gasteiger partial charge in [0.25, 0.3) is 10.2 Å². The molecule has 1 fully saturated rings. The Morgan fingerprint density at radius 3 is 2.30 bits per heavy atom. The van der Waals surface area contributed by atoms with Gasteiger partial charge in [-0.25, -0.2) is 0 Å². The Labute approximate surface area is 122 Å². The normalized spacial score (nSPS) is 21.4. The third-order valence-electron chi connectivity index (χ3n) is 3.21. The zero-order valence-electron chi connectivity index (χ0n) is 13.0. The monoisotopic (exact) mass is 306 g/mol. The highest BCUT2D eigenvalue weighted by Crippen LogP contribution is 2.25. The lowest BCUT2D eigenvalue weighted by molar-refractivity contribution is -0.158. The molecule has 1 aliphatic heterocycles. The molecule has 0 bridgehead atoms. The first-order chi connectivity index (χ1) is 9.13. The number of hydrogen-bond acceptors (Lipinski definition) is 4. The molecule has 1 atom stereocenters. The zero-order valence-corrected chi connectivity index (χ0v) is 13.9. The molecular weight excluding hydrogens is 280 g/mol. The van der Waals surface area contributed by atoms with Crippen molar-refractivity contribution < 1.29 is 17.9 Å². The molecule has 0 unspecified atom stereocenters. The van der Waals surface area contributed by atoms with Gasteiger partial charge in [-0.2, -0.15) is 17.0 Å². The second kappa shape index (κ2) is 6.41. The van der Waals surface area contributed by atoms with Gasteiger partial charge in [0.15, 0.2) is 0 Å². The summed E-state index contributed by atoms with van der Waals surface area (Å²) in [5.41, 5.74) is -0.607. The van der Waals surface area contributed by atoms with Crippen LogP contribution in [0, 0.1) is 0 Å². The van der Waals surface area contributed by atoms with E-state index in [1.165, 1.54) is 8.61 Å². The van der Waals surface area contributed by atoms with Gasteiger partial charge in [-0.15, -0.1) is 0 Å². The van der Waals surface area contributed by atoms with Crippen LogP contribution in [0.25, 0.3) is 0 Å². The van der Waals surface area contributed by atoms with Crippen molar-refractivity contribution in [1.29, 1.82) is 0 Å². The molecule has 1 rings (SSSR count). The van der Waals surface area contributed by atoms with Gasteiger partial charge in [-0.1, -0.05) is 13.8 Å². The lowest BCUT2D eigenvalue weighted by Crippen LogP contribution is -2.49. The van der Waals surface area contributed by atoms with Gasteiger partial charge < -0.3 is 4.74 Å². The zero-order chi connectivity index (χ0) is 15.6. The molecule has 20 heavy (non-hydrogen) atoms. The maximum Gasteiger partial charge on any atom is 0.325 e. The molecule has 1 heterocycles. The average Bonchev–Trinajstić information content (AvgIpc) is 2.77. The van der Waals surface area contributed by atoms with E-state index in [1.54, 1.807) is 34.6 Å². The van der Waals surface area contributed by atoms with Crippen molar-refractivity contribution in [1.82, 2.24) is 8.61 Å². The van der Waals surface area contributed by atoms with Crippen molar-refractivity contribution in [3.8, 4) is 0 Å². The van der Waals surface area contributed by atoms with Gasteiger partial charge in [0.2, 0.25) is 0 Å². The first-order valence-electron chi connectivity index (χ1n) is 7.13. The summed E-state index contributed by atoms with van der Waals surface area (Å²) in [6, 6.07) is -0.695. The third-order valence-corrected chi connectivity index (χ3v) is 5.41. The summed E-state index contributed by atoms with van der Waals surface area (Å²) < 4.78 is 33.0. The van der Waals surface area contributed by atoms with Crippen LogP contribution < -0.4 is 0 Å². The second-order valence-electron chi connectivity index (χ2n) is 5.89. The van der Waals surface area contributed by atoms with Crippen LogP contribution in [0.2, 0.25) is 0 Å². The van der Waals surface area contributed by atoms with E-state index in [9.17, 15) is 13.2 Å². The van der Waals surface area contributed by atoms with Crippen molar-refractivity contribution in [2.24, 2.45) is 0 Å². The lowest BCUT2D eigenvalue weighted by Gasteiger charge is -2.30. The highest BCUT2D eigenvalue weighted by atomic mass is 32.2. The number of nitrogens with zero attached hydrogens (tertiary/aromatic N) is 2. The number of esters is 1. The molecule has 0 N–H and O–H groups in total. The van der Waals surface area contributed by atoms with Crippen LogP contribution >= 0.6 is 0 Å². The van der Waals surface area contributed by atoms with E-state index in [4.69, 9.17) is 4.74 Å². The Balaban J connectivity index is 2.92. The summed E-state index contributed by atoms with van der Waals surface area (Å²) in [7, 11) is -3.58. The van der Waals surface area contributed by atoms with Crippen LogP contribution in [0.1, 0.15) is 47.5 Å². The van der Waals surface area contributed by atoms with Crippen LogP contribution in [0.15, 0.2) is 0 Å². The predicted octanol–water partition coefficient (Wildman–Crippen LogP) is 1.38. The molecule has 0 spiro atoms. The quantitative estimate of drug-likeness (QED) is 0.720. The van der Waals surface area contributed by atoms with Crippen molar-refractivity contribution in [2.45, 2.75) is 59.1 Å². The largest absolute Gasteiger partial charge is 0.459 e. The van der Waals surface area contributed by atoms with Crippen molar-refractivity contribution >= 4 is 16.2 Å². The minimum atomic E-state index is -3.58. The Kier molecular flexibility index (Phi) is 5.57. The van der Waals surface area contributed by atoms with Crippen molar-refractivity contribution in [2.75, 3.05) is 19.6 Å². The van der Waals surface area contributed by atoms with E-state index in [0.717, 1.165) is 0 Å². The lowest BCUT2D eigenvalue weighted by atomic mass is 10.2. The van der Waals surface area contributed by atoms with Crippen LogP contribution in [-0.2, 0) is 19.7 Å². The molecule has 118 valence electrons. The summed E-state index contributed by atoms with van der Waals surface area (Å²) >= 11 is 0. The highest BCUT2D eigenvalue weighted by molar-refractivity contribution is 7.86. The van der Waals surface area contributed by atoms with Crippen molar-refractivity contribution in [3.05, 3.63) is 0 Å². The van der Waals surface area contributed by atoms with E-state index < -0.39 is 27.8 Å². The SMILES string of the molecule is CCN(CC)S(=O)(=O)N1CCC[C@@H]1C(=O)OC(C)(C)C. The molecule has 6 nitrogen and oxygen atoms in total. The van der Waals surface area contributed by atoms with Gasteiger partial charge in [-0.05, 0) is 33.6 Å². The molecule has 1 aliphatic rings. The summed E-state index contributed by atoms with van der Waals surface area (Å²) in [5.74, 6) is -0.453. The summed E-state index contributed by atoms with van der Waals surface area (Å²) in [6.07, 6.45) is 1.21. The molecule has 0 aliphatic carbocycles. The van der Waals surface area contributed by atoms with Gasteiger partial charge in [0.05, 0.1) is 0 Å². The maximum atomic E-state index is 12.5. The van der Waals surface area contributed by atoms with Crippen LogP contribution in [0.5, 0.6) is 0 Å². The maximum absolute atomic E-state index is 12.5. The molecule has 0 saturated carbocycles. The van der Waals surface area contributed by atoms with Crippen LogP contribution in [0.4, 0.5) is 0 Å². The summed E-state index contributed by atoms with van der Waals surface area (Å²) in [6.45, 7) is 10.1. The molecule has 1 saturated heterocycles. The Bertz CT molecular complexity index is 438. The Morgan fingerprint density at radius 1 is 1.30 bits per heavy atom. The molecular formula is C13H26N2O4S. The average molecular weight is 306 g/mol.